The summed E-state index contributed by atoms with van der Waals surface area (Å²) in [6.07, 6.45) is 0. The maximum absolute atomic E-state index is 11.6. The molecule has 0 saturated carbocycles. The van der Waals surface area contributed by atoms with Crippen LogP contribution in [0.5, 0.6) is 0 Å². The maximum Gasteiger partial charge on any atom is 0.227 e. The Morgan fingerprint density at radius 1 is 1.47 bits per heavy atom. The summed E-state index contributed by atoms with van der Waals surface area (Å²) in [4.78, 5) is 20.0. The molecular formula is C11H17BrN4O. The van der Waals surface area contributed by atoms with Crippen LogP contribution in [-0.4, -0.2) is 29.5 Å². The van der Waals surface area contributed by atoms with Crippen LogP contribution in [0.15, 0.2) is 10.7 Å². The summed E-state index contributed by atoms with van der Waals surface area (Å²) in [6.45, 7) is 6.08. The van der Waals surface area contributed by atoms with Crippen molar-refractivity contribution in [1.82, 2.24) is 15.3 Å². The summed E-state index contributed by atoms with van der Waals surface area (Å²) in [5.74, 6) is 1.39. The van der Waals surface area contributed by atoms with Gasteiger partial charge in [-0.05, 0) is 36.7 Å². The molecule has 2 N–H and O–H groups in total. The van der Waals surface area contributed by atoms with Crippen LogP contribution >= 0.6 is 15.9 Å². The summed E-state index contributed by atoms with van der Waals surface area (Å²) < 4.78 is 0.727. The molecule has 1 heterocycles. The molecule has 0 saturated heterocycles. The monoisotopic (exact) mass is 300 g/mol. The van der Waals surface area contributed by atoms with E-state index in [1.165, 1.54) is 0 Å². The van der Waals surface area contributed by atoms with Crippen LogP contribution < -0.4 is 10.6 Å². The summed E-state index contributed by atoms with van der Waals surface area (Å²) in [5, 5.41) is 5.78. The SMILES string of the molecule is CNC(=O)C(C)(C)CNc1cc(Br)nc(C)n1. The van der Waals surface area contributed by atoms with Gasteiger partial charge in [-0.25, -0.2) is 9.97 Å². The van der Waals surface area contributed by atoms with E-state index in [-0.39, 0.29) is 5.91 Å². The summed E-state index contributed by atoms with van der Waals surface area (Å²) in [5.41, 5.74) is -0.486. The minimum atomic E-state index is -0.486. The molecule has 0 spiro atoms. The van der Waals surface area contributed by atoms with Gasteiger partial charge < -0.3 is 10.6 Å². The van der Waals surface area contributed by atoms with E-state index in [4.69, 9.17) is 0 Å². The zero-order valence-corrected chi connectivity index (χ0v) is 12.1. The molecule has 0 bridgehead atoms. The zero-order valence-electron chi connectivity index (χ0n) is 10.5. The van der Waals surface area contributed by atoms with E-state index >= 15 is 0 Å². The predicted molar refractivity (Wildman–Crippen MR) is 70.8 cm³/mol. The number of hydrogen-bond acceptors (Lipinski definition) is 4. The summed E-state index contributed by atoms with van der Waals surface area (Å²) in [7, 11) is 1.63. The van der Waals surface area contributed by atoms with E-state index in [1.54, 1.807) is 13.1 Å². The Morgan fingerprint density at radius 3 is 2.65 bits per heavy atom. The zero-order chi connectivity index (χ0) is 13.1. The summed E-state index contributed by atoms with van der Waals surface area (Å²) in [6, 6.07) is 1.78. The minimum Gasteiger partial charge on any atom is -0.369 e. The van der Waals surface area contributed by atoms with Crippen LogP contribution in [0.4, 0.5) is 5.82 Å². The first kappa shape index (κ1) is 13.9. The molecule has 0 fully saturated rings. The number of anilines is 1. The predicted octanol–water partition coefficient (Wildman–Crippen LogP) is 1.73. The molecule has 0 aliphatic heterocycles. The van der Waals surface area contributed by atoms with Crippen molar-refractivity contribution in [2.75, 3.05) is 18.9 Å². The van der Waals surface area contributed by atoms with Crippen molar-refractivity contribution < 1.29 is 4.79 Å². The van der Waals surface area contributed by atoms with Crippen molar-refractivity contribution in [3.8, 4) is 0 Å². The number of amides is 1. The van der Waals surface area contributed by atoms with Crippen LogP contribution in [-0.2, 0) is 4.79 Å². The highest BCUT2D eigenvalue weighted by molar-refractivity contribution is 9.10. The molecule has 1 amide bonds. The lowest BCUT2D eigenvalue weighted by Gasteiger charge is -2.23. The van der Waals surface area contributed by atoms with Gasteiger partial charge in [-0.15, -0.1) is 0 Å². The Hall–Kier alpha value is -1.17. The van der Waals surface area contributed by atoms with E-state index in [1.807, 2.05) is 20.8 Å². The van der Waals surface area contributed by atoms with Crippen LogP contribution in [0, 0.1) is 12.3 Å². The molecule has 6 heteroatoms. The molecular weight excluding hydrogens is 284 g/mol. The molecule has 1 aromatic heterocycles. The third-order valence-corrected chi connectivity index (χ3v) is 2.77. The Morgan fingerprint density at radius 2 is 2.12 bits per heavy atom. The smallest absolute Gasteiger partial charge is 0.227 e. The van der Waals surface area contributed by atoms with Crippen LogP contribution in [0.2, 0.25) is 0 Å². The van der Waals surface area contributed by atoms with E-state index in [2.05, 4.69) is 36.5 Å². The number of hydrogen-bond donors (Lipinski definition) is 2. The van der Waals surface area contributed by atoms with Gasteiger partial charge in [0.1, 0.15) is 16.2 Å². The number of aryl methyl sites for hydroxylation is 1. The third kappa shape index (κ3) is 3.96. The number of aromatic nitrogens is 2. The first-order valence-corrected chi connectivity index (χ1v) is 6.11. The first-order valence-electron chi connectivity index (χ1n) is 5.32. The lowest BCUT2D eigenvalue weighted by atomic mass is 9.92. The highest BCUT2D eigenvalue weighted by Crippen LogP contribution is 2.17. The van der Waals surface area contributed by atoms with E-state index < -0.39 is 5.41 Å². The number of rotatable bonds is 4. The van der Waals surface area contributed by atoms with Gasteiger partial charge in [0.15, 0.2) is 0 Å². The number of carbonyl (C=O) groups is 1. The standard InChI is InChI=1S/C11H17BrN4O/c1-7-15-8(12)5-9(16-7)14-6-11(2,3)10(17)13-4/h5H,6H2,1-4H3,(H,13,17)(H,14,15,16). The van der Waals surface area contributed by atoms with Gasteiger partial charge in [0, 0.05) is 19.7 Å². The Kier molecular flexibility index (Phi) is 4.45. The third-order valence-electron chi connectivity index (χ3n) is 2.36. The maximum atomic E-state index is 11.6. The van der Waals surface area contributed by atoms with Crippen molar-refractivity contribution in [2.24, 2.45) is 5.41 Å². The number of carbonyl (C=O) groups excluding carboxylic acids is 1. The molecule has 1 aromatic rings. The van der Waals surface area contributed by atoms with E-state index in [0.717, 1.165) is 4.60 Å². The fourth-order valence-corrected chi connectivity index (χ4v) is 1.83. The molecule has 0 aliphatic rings. The number of halogens is 1. The average Bonchev–Trinajstić information content (AvgIpc) is 2.24. The van der Waals surface area contributed by atoms with Crippen LogP contribution in [0.25, 0.3) is 0 Å². The molecule has 0 unspecified atom stereocenters. The molecule has 0 radical (unpaired) electrons. The van der Waals surface area contributed by atoms with Crippen LogP contribution in [0.3, 0.4) is 0 Å². The van der Waals surface area contributed by atoms with Gasteiger partial charge in [-0.3, -0.25) is 4.79 Å². The largest absolute Gasteiger partial charge is 0.369 e. The highest BCUT2D eigenvalue weighted by atomic mass is 79.9. The molecule has 0 aliphatic carbocycles. The Bertz CT molecular complexity index is 400. The first-order chi connectivity index (χ1) is 7.85. The van der Waals surface area contributed by atoms with E-state index in [9.17, 15) is 4.79 Å². The lowest BCUT2D eigenvalue weighted by molar-refractivity contribution is -0.128. The fourth-order valence-electron chi connectivity index (χ4n) is 1.35. The topological polar surface area (TPSA) is 66.9 Å². The lowest BCUT2D eigenvalue weighted by Crippen LogP contribution is -2.39. The second-order valence-corrected chi connectivity index (χ2v) is 5.25. The van der Waals surface area contributed by atoms with Crippen LogP contribution in [0.1, 0.15) is 19.7 Å². The molecule has 5 nitrogen and oxygen atoms in total. The van der Waals surface area contributed by atoms with Gasteiger partial charge >= 0.3 is 0 Å². The Balaban J connectivity index is 2.70. The van der Waals surface area contributed by atoms with Gasteiger partial charge in [-0.2, -0.15) is 0 Å². The Labute approximate surface area is 110 Å². The average molecular weight is 301 g/mol. The second kappa shape index (κ2) is 5.44. The van der Waals surface area contributed by atoms with Gasteiger partial charge in [0.25, 0.3) is 0 Å². The van der Waals surface area contributed by atoms with Crippen molar-refractivity contribution in [2.45, 2.75) is 20.8 Å². The molecule has 94 valence electrons. The second-order valence-electron chi connectivity index (χ2n) is 4.44. The normalized spacial score (nSPS) is 11.1. The minimum absolute atomic E-state index is 0.00477. The molecule has 0 aromatic carbocycles. The van der Waals surface area contributed by atoms with Crippen molar-refractivity contribution in [1.29, 1.82) is 0 Å². The molecule has 17 heavy (non-hydrogen) atoms. The summed E-state index contributed by atoms with van der Waals surface area (Å²) >= 11 is 3.31. The van der Waals surface area contributed by atoms with Gasteiger partial charge in [0.05, 0.1) is 5.41 Å². The number of nitrogens with one attached hydrogen (secondary N) is 2. The van der Waals surface area contributed by atoms with Crippen molar-refractivity contribution >= 4 is 27.7 Å². The van der Waals surface area contributed by atoms with Gasteiger partial charge in [-0.1, -0.05) is 0 Å². The number of nitrogens with zero attached hydrogens (tertiary/aromatic N) is 2. The fraction of sp³-hybridized carbons (Fsp3) is 0.545. The highest BCUT2D eigenvalue weighted by Gasteiger charge is 2.26. The molecule has 1 rings (SSSR count). The van der Waals surface area contributed by atoms with E-state index in [0.29, 0.717) is 18.2 Å². The quantitative estimate of drug-likeness (QED) is 0.831. The van der Waals surface area contributed by atoms with Gasteiger partial charge in [0.2, 0.25) is 5.91 Å². The van der Waals surface area contributed by atoms with Crippen molar-refractivity contribution in [3.05, 3.63) is 16.5 Å². The molecule has 0 atom stereocenters. The van der Waals surface area contributed by atoms with Crippen molar-refractivity contribution in [3.63, 3.8) is 0 Å².